The summed E-state index contributed by atoms with van der Waals surface area (Å²) >= 11 is 0. The van der Waals surface area contributed by atoms with Crippen LogP contribution in [0.15, 0.2) is 6.20 Å². The third-order valence-corrected chi connectivity index (χ3v) is 2.80. The van der Waals surface area contributed by atoms with Gasteiger partial charge in [-0.2, -0.15) is 5.10 Å². The molecule has 0 saturated carbocycles. The molecular formula is C9H14N2O. The van der Waals surface area contributed by atoms with Crippen molar-refractivity contribution in [3.05, 3.63) is 17.5 Å². The number of hydrogen-bond donors (Lipinski definition) is 2. The Morgan fingerprint density at radius 3 is 3.33 bits per heavy atom. The van der Waals surface area contributed by atoms with Gasteiger partial charge in [-0.25, -0.2) is 0 Å². The van der Waals surface area contributed by atoms with Crippen molar-refractivity contribution < 1.29 is 5.11 Å². The molecule has 1 aliphatic carbocycles. The SMILES string of the molecule is CCC1CCc2cn[nH]c2C1O. The summed E-state index contributed by atoms with van der Waals surface area (Å²) in [4.78, 5) is 0. The number of nitrogens with one attached hydrogen (secondary N) is 1. The van der Waals surface area contributed by atoms with Crippen LogP contribution < -0.4 is 0 Å². The van der Waals surface area contributed by atoms with Gasteiger partial charge < -0.3 is 5.11 Å². The second-order valence-electron chi connectivity index (χ2n) is 3.46. The molecule has 1 aromatic rings. The van der Waals surface area contributed by atoms with E-state index in [0.717, 1.165) is 25.0 Å². The van der Waals surface area contributed by atoms with Crippen LogP contribution in [0.4, 0.5) is 0 Å². The number of nitrogens with zero attached hydrogens (tertiary/aromatic N) is 1. The fourth-order valence-corrected chi connectivity index (χ4v) is 1.94. The van der Waals surface area contributed by atoms with Crippen LogP contribution in [0.5, 0.6) is 0 Å². The summed E-state index contributed by atoms with van der Waals surface area (Å²) in [6.45, 7) is 2.12. The van der Waals surface area contributed by atoms with Crippen LogP contribution in [0, 0.1) is 5.92 Å². The number of aliphatic hydroxyl groups is 1. The molecule has 66 valence electrons. The first-order valence-corrected chi connectivity index (χ1v) is 4.53. The lowest BCUT2D eigenvalue weighted by molar-refractivity contribution is 0.0875. The van der Waals surface area contributed by atoms with Crippen LogP contribution >= 0.6 is 0 Å². The zero-order valence-electron chi connectivity index (χ0n) is 7.25. The average Bonchev–Trinajstić information content (AvgIpc) is 2.53. The van der Waals surface area contributed by atoms with Gasteiger partial charge in [0.2, 0.25) is 0 Å². The van der Waals surface area contributed by atoms with Gasteiger partial charge in [-0.1, -0.05) is 13.3 Å². The van der Waals surface area contributed by atoms with Crippen molar-refractivity contribution in [2.75, 3.05) is 0 Å². The minimum Gasteiger partial charge on any atom is -0.387 e. The van der Waals surface area contributed by atoms with Gasteiger partial charge in [0.05, 0.1) is 18.0 Å². The van der Waals surface area contributed by atoms with Gasteiger partial charge in [0.25, 0.3) is 0 Å². The second-order valence-corrected chi connectivity index (χ2v) is 3.46. The van der Waals surface area contributed by atoms with Gasteiger partial charge in [0.15, 0.2) is 0 Å². The third kappa shape index (κ3) is 1.05. The standard InChI is InChI=1S/C9H14N2O/c1-2-6-3-4-7-5-10-11-8(7)9(6)12/h5-6,9,12H,2-4H2,1H3,(H,10,11). The van der Waals surface area contributed by atoms with Crippen molar-refractivity contribution in [1.29, 1.82) is 0 Å². The lowest BCUT2D eigenvalue weighted by Gasteiger charge is -2.25. The van der Waals surface area contributed by atoms with Crippen molar-refractivity contribution in [2.24, 2.45) is 5.92 Å². The number of fused-ring (bicyclic) bond motifs is 1. The third-order valence-electron chi connectivity index (χ3n) is 2.80. The highest BCUT2D eigenvalue weighted by molar-refractivity contribution is 5.22. The van der Waals surface area contributed by atoms with E-state index < -0.39 is 0 Å². The van der Waals surface area contributed by atoms with E-state index in [1.807, 2.05) is 6.20 Å². The van der Waals surface area contributed by atoms with Gasteiger partial charge in [-0.05, 0) is 24.3 Å². The summed E-state index contributed by atoms with van der Waals surface area (Å²) in [5.74, 6) is 0.415. The maximum atomic E-state index is 9.84. The number of H-pyrrole nitrogens is 1. The number of aryl methyl sites for hydroxylation is 1. The van der Waals surface area contributed by atoms with Crippen LogP contribution in [0.1, 0.15) is 37.1 Å². The Morgan fingerprint density at radius 1 is 1.75 bits per heavy atom. The van der Waals surface area contributed by atoms with Crippen molar-refractivity contribution >= 4 is 0 Å². The van der Waals surface area contributed by atoms with E-state index in [1.54, 1.807) is 0 Å². The Kier molecular flexibility index (Phi) is 1.89. The molecular weight excluding hydrogens is 152 g/mol. The van der Waals surface area contributed by atoms with Crippen molar-refractivity contribution in [1.82, 2.24) is 10.2 Å². The van der Waals surface area contributed by atoms with E-state index >= 15 is 0 Å². The Labute approximate surface area is 71.8 Å². The molecule has 0 bridgehead atoms. The Hall–Kier alpha value is -0.830. The molecule has 0 aromatic carbocycles. The fourth-order valence-electron chi connectivity index (χ4n) is 1.94. The first kappa shape index (κ1) is 7.80. The van der Waals surface area contributed by atoms with Crippen molar-refractivity contribution in [3.63, 3.8) is 0 Å². The van der Waals surface area contributed by atoms with E-state index in [0.29, 0.717) is 5.92 Å². The predicted molar refractivity (Wildman–Crippen MR) is 45.6 cm³/mol. The zero-order chi connectivity index (χ0) is 8.55. The maximum Gasteiger partial charge on any atom is 0.0984 e. The molecule has 3 heteroatoms. The Morgan fingerprint density at radius 2 is 2.58 bits per heavy atom. The van der Waals surface area contributed by atoms with Gasteiger partial charge in [0, 0.05) is 0 Å². The highest BCUT2D eigenvalue weighted by Crippen LogP contribution is 2.34. The summed E-state index contributed by atoms with van der Waals surface area (Å²) in [6.07, 6.45) is 4.69. The molecule has 1 heterocycles. The lowest BCUT2D eigenvalue weighted by Crippen LogP contribution is -2.19. The van der Waals surface area contributed by atoms with Gasteiger partial charge in [-0.3, -0.25) is 5.10 Å². The van der Waals surface area contributed by atoms with Gasteiger partial charge in [-0.15, -0.1) is 0 Å². The van der Waals surface area contributed by atoms with Gasteiger partial charge in [0.1, 0.15) is 0 Å². The van der Waals surface area contributed by atoms with E-state index in [1.165, 1.54) is 5.56 Å². The molecule has 2 unspecified atom stereocenters. The Balaban J connectivity index is 2.29. The Bertz CT molecular complexity index is 269. The van der Waals surface area contributed by atoms with Crippen LogP contribution in [0.2, 0.25) is 0 Å². The molecule has 1 aliphatic rings. The largest absolute Gasteiger partial charge is 0.387 e. The van der Waals surface area contributed by atoms with Gasteiger partial charge >= 0.3 is 0 Å². The summed E-state index contributed by atoms with van der Waals surface area (Å²) in [5, 5.41) is 16.6. The predicted octanol–water partition coefficient (Wildman–Crippen LogP) is 1.42. The molecule has 3 nitrogen and oxygen atoms in total. The van der Waals surface area contributed by atoms with E-state index in [4.69, 9.17) is 0 Å². The smallest absolute Gasteiger partial charge is 0.0984 e. The molecule has 0 aliphatic heterocycles. The van der Waals surface area contributed by atoms with Crippen LogP contribution in [0.25, 0.3) is 0 Å². The number of aliphatic hydroxyl groups excluding tert-OH is 1. The molecule has 12 heavy (non-hydrogen) atoms. The summed E-state index contributed by atoms with van der Waals surface area (Å²) in [7, 11) is 0. The van der Waals surface area contributed by atoms with Crippen molar-refractivity contribution in [3.8, 4) is 0 Å². The highest BCUT2D eigenvalue weighted by Gasteiger charge is 2.27. The molecule has 1 aromatic heterocycles. The molecule has 0 fully saturated rings. The maximum absolute atomic E-state index is 9.84. The van der Waals surface area contributed by atoms with Crippen molar-refractivity contribution in [2.45, 2.75) is 32.3 Å². The van der Waals surface area contributed by atoms with E-state index in [-0.39, 0.29) is 6.10 Å². The number of hydrogen-bond acceptors (Lipinski definition) is 2. The number of aromatic nitrogens is 2. The number of aromatic amines is 1. The number of rotatable bonds is 1. The fraction of sp³-hybridized carbons (Fsp3) is 0.667. The topological polar surface area (TPSA) is 48.9 Å². The first-order valence-electron chi connectivity index (χ1n) is 4.53. The minimum absolute atomic E-state index is 0.318. The normalized spacial score (nSPS) is 28.5. The first-order chi connectivity index (χ1) is 5.83. The van der Waals surface area contributed by atoms with E-state index in [9.17, 15) is 5.11 Å². The zero-order valence-corrected chi connectivity index (χ0v) is 7.25. The molecule has 2 atom stereocenters. The molecule has 2 N–H and O–H groups in total. The highest BCUT2D eigenvalue weighted by atomic mass is 16.3. The monoisotopic (exact) mass is 166 g/mol. The molecule has 0 amide bonds. The average molecular weight is 166 g/mol. The summed E-state index contributed by atoms with van der Waals surface area (Å²) in [6, 6.07) is 0. The second kappa shape index (κ2) is 2.90. The lowest BCUT2D eigenvalue weighted by atomic mass is 9.84. The molecule has 0 radical (unpaired) electrons. The van der Waals surface area contributed by atoms with Crippen LogP contribution in [-0.2, 0) is 6.42 Å². The quantitative estimate of drug-likeness (QED) is 0.662. The summed E-state index contributed by atoms with van der Waals surface area (Å²) in [5.41, 5.74) is 2.13. The molecule has 0 saturated heterocycles. The molecule has 0 spiro atoms. The minimum atomic E-state index is -0.318. The molecule has 2 rings (SSSR count). The van der Waals surface area contributed by atoms with Crippen LogP contribution in [0.3, 0.4) is 0 Å². The van der Waals surface area contributed by atoms with E-state index in [2.05, 4.69) is 17.1 Å². The van der Waals surface area contributed by atoms with Crippen LogP contribution in [-0.4, -0.2) is 15.3 Å². The summed E-state index contributed by atoms with van der Waals surface area (Å²) < 4.78 is 0.